The molecule has 3 heterocycles. The number of aromatic nitrogens is 2. The molecule has 184 valence electrons. The minimum atomic E-state index is -0.771. The number of benzene rings is 3. The molecule has 9 heteroatoms. The van der Waals surface area contributed by atoms with Crippen LogP contribution in [0.15, 0.2) is 82.0 Å². The molecule has 0 aliphatic carbocycles. The van der Waals surface area contributed by atoms with Crippen LogP contribution in [0.1, 0.15) is 38.3 Å². The van der Waals surface area contributed by atoms with E-state index in [9.17, 15) is 9.59 Å². The van der Waals surface area contributed by atoms with E-state index in [2.05, 4.69) is 10.2 Å². The summed E-state index contributed by atoms with van der Waals surface area (Å²) in [4.78, 5) is 28.8. The number of ether oxygens (including phenoxy) is 2. The van der Waals surface area contributed by atoms with Gasteiger partial charge in [-0.15, -0.1) is 10.2 Å². The molecule has 0 fully saturated rings. The lowest BCUT2D eigenvalue weighted by Gasteiger charge is -2.23. The zero-order valence-corrected chi connectivity index (χ0v) is 20.8. The van der Waals surface area contributed by atoms with Crippen molar-refractivity contribution in [2.24, 2.45) is 0 Å². The Morgan fingerprint density at radius 1 is 0.973 bits per heavy atom. The number of amides is 1. The van der Waals surface area contributed by atoms with Gasteiger partial charge in [-0.2, -0.15) is 0 Å². The van der Waals surface area contributed by atoms with Gasteiger partial charge in [0.2, 0.25) is 10.9 Å². The van der Waals surface area contributed by atoms with Gasteiger partial charge in [-0.05, 0) is 42.3 Å². The van der Waals surface area contributed by atoms with E-state index < -0.39 is 11.9 Å². The van der Waals surface area contributed by atoms with Gasteiger partial charge < -0.3 is 13.9 Å². The van der Waals surface area contributed by atoms with Crippen LogP contribution < -0.4 is 19.8 Å². The van der Waals surface area contributed by atoms with E-state index in [1.54, 1.807) is 43.5 Å². The lowest BCUT2D eigenvalue weighted by molar-refractivity contribution is 0.0970. The Morgan fingerprint density at radius 3 is 2.51 bits per heavy atom. The number of hydrogen-bond acceptors (Lipinski definition) is 8. The summed E-state index contributed by atoms with van der Waals surface area (Å²) < 4.78 is 17.6. The first-order chi connectivity index (χ1) is 18.0. The molecule has 5 aromatic rings. The zero-order chi connectivity index (χ0) is 25.5. The van der Waals surface area contributed by atoms with Crippen molar-refractivity contribution in [3.05, 3.63) is 110 Å². The highest BCUT2D eigenvalue weighted by molar-refractivity contribution is 7.15. The molecule has 0 spiro atoms. The highest BCUT2D eigenvalue weighted by Gasteiger charge is 2.45. The Labute approximate surface area is 215 Å². The number of hydrogen-bond donors (Lipinski definition) is 0. The fraction of sp³-hybridized carbons (Fsp3) is 0.143. The van der Waals surface area contributed by atoms with Crippen molar-refractivity contribution in [2.45, 2.75) is 19.6 Å². The topological polar surface area (TPSA) is 94.8 Å². The van der Waals surface area contributed by atoms with Crippen LogP contribution in [0.25, 0.3) is 11.0 Å². The molecule has 0 N–H and O–H groups in total. The number of anilines is 1. The average molecular weight is 512 g/mol. The molecule has 1 unspecified atom stereocenters. The number of carbonyl (C=O) groups is 1. The first-order valence-electron chi connectivity index (χ1n) is 11.6. The van der Waals surface area contributed by atoms with Crippen LogP contribution in [0.3, 0.4) is 0 Å². The summed E-state index contributed by atoms with van der Waals surface area (Å²) in [7, 11) is 1.55. The number of methoxy groups -OCH3 is 1. The van der Waals surface area contributed by atoms with Crippen LogP contribution in [0.4, 0.5) is 5.13 Å². The molecule has 1 aliphatic rings. The van der Waals surface area contributed by atoms with Crippen molar-refractivity contribution in [2.75, 3.05) is 12.0 Å². The van der Waals surface area contributed by atoms with E-state index in [1.807, 2.05) is 43.3 Å². The summed E-state index contributed by atoms with van der Waals surface area (Å²) in [5.74, 6) is 0.587. The first kappa shape index (κ1) is 22.9. The van der Waals surface area contributed by atoms with Gasteiger partial charge in [0.15, 0.2) is 16.9 Å². The average Bonchev–Trinajstić information content (AvgIpc) is 3.48. The van der Waals surface area contributed by atoms with Gasteiger partial charge in [0, 0.05) is 0 Å². The number of carbonyl (C=O) groups excluding carboxylic acids is 1. The maximum atomic E-state index is 13.7. The lowest BCUT2D eigenvalue weighted by Crippen LogP contribution is -2.29. The van der Waals surface area contributed by atoms with Crippen molar-refractivity contribution in [3.8, 4) is 11.5 Å². The van der Waals surface area contributed by atoms with Crippen LogP contribution in [0.5, 0.6) is 11.5 Å². The van der Waals surface area contributed by atoms with Crippen LogP contribution in [-0.4, -0.2) is 23.2 Å². The standard InChI is InChI=1S/C28H21N3O5S/c1-16-29-30-28(37-16)31-24(23-25(32)19-10-6-7-11-20(19)36-26(23)27(31)33)18-12-13-21(22(14-18)34-2)35-15-17-8-4-3-5-9-17/h3-14,24H,15H2,1-2H3. The number of nitrogens with zero attached hydrogens (tertiary/aromatic N) is 3. The molecule has 37 heavy (non-hydrogen) atoms. The second-order valence-electron chi connectivity index (χ2n) is 8.54. The van der Waals surface area contributed by atoms with Crippen LogP contribution >= 0.6 is 11.3 Å². The van der Waals surface area contributed by atoms with Gasteiger partial charge >= 0.3 is 0 Å². The molecule has 1 atom stereocenters. The summed E-state index contributed by atoms with van der Waals surface area (Å²) in [6.45, 7) is 2.18. The van der Waals surface area contributed by atoms with Crippen molar-refractivity contribution in [1.29, 1.82) is 0 Å². The molecule has 0 radical (unpaired) electrons. The lowest BCUT2D eigenvalue weighted by atomic mass is 9.98. The van der Waals surface area contributed by atoms with Gasteiger partial charge in [-0.25, -0.2) is 0 Å². The van der Waals surface area contributed by atoms with E-state index in [1.165, 1.54) is 16.2 Å². The first-order valence-corrected chi connectivity index (χ1v) is 12.4. The molecule has 6 rings (SSSR count). The van der Waals surface area contributed by atoms with Crippen molar-refractivity contribution in [3.63, 3.8) is 0 Å². The highest BCUT2D eigenvalue weighted by atomic mass is 32.1. The van der Waals surface area contributed by atoms with E-state index in [-0.39, 0.29) is 16.8 Å². The molecule has 0 bridgehead atoms. The van der Waals surface area contributed by atoms with Crippen LogP contribution in [-0.2, 0) is 6.61 Å². The number of para-hydroxylation sites is 1. The van der Waals surface area contributed by atoms with E-state index in [0.717, 1.165) is 5.56 Å². The van der Waals surface area contributed by atoms with Crippen LogP contribution in [0, 0.1) is 6.92 Å². The number of aryl methyl sites for hydroxylation is 1. The van der Waals surface area contributed by atoms with Gasteiger partial charge in [0.05, 0.1) is 24.1 Å². The molecule has 8 nitrogen and oxygen atoms in total. The Morgan fingerprint density at radius 2 is 1.76 bits per heavy atom. The van der Waals surface area contributed by atoms with E-state index in [4.69, 9.17) is 13.9 Å². The summed E-state index contributed by atoms with van der Waals surface area (Å²) >= 11 is 1.27. The van der Waals surface area contributed by atoms with Gasteiger partial charge in [0.1, 0.15) is 17.2 Å². The minimum absolute atomic E-state index is 0.00456. The smallest absolute Gasteiger partial charge is 0.297 e. The molecule has 0 saturated heterocycles. The van der Waals surface area contributed by atoms with Crippen LogP contribution in [0.2, 0.25) is 0 Å². The summed E-state index contributed by atoms with van der Waals surface area (Å²) in [6, 6.07) is 21.3. The third-order valence-corrected chi connectivity index (χ3v) is 7.08. The van der Waals surface area contributed by atoms with E-state index >= 15 is 0 Å². The normalized spacial score (nSPS) is 14.7. The Kier molecular flexibility index (Phi) is 5.69. The maximum absolute atomic E-state index is 13.7. The summed E-state index contributed by atoms with van der Waals surface area (Å²) in [5.41, 5.74) is 2.03. The molecule has 2 aromatic heterocycles. The Balaban J connectivity index is 1.48. The quantitative estimate of drug-likeness (QED) is 0.306. The monoisotopic (exact) mass is 511 g/mol. The maximum Gasteiger partial charge on any atom is 0.297 e. The van der Waals surface area contributed by atoms with E-state index in [0.29, 0.717) is 44.8 Å². The zero-order valence-electron chi connectivity index (χ0n) is 20.0. The fourth-order valence-corrected chi connectivity index (χ4v) is 5.24. The Bertz CT molecular complexity index is 1700. The van der Waals surface area contributed by atoms with Gasteiger partial charge in [0.25, 0.3) is 5.91 Å². The molecular formula is C28H21N3O5S. The second kappa shape index (κ2) is 9.18. The fourth-order valence-electron chi connectivity index (χ4n) is 4.52. The number of fused-ring (bicyclic) bond motifs is 2. The SMILES string of the molecule is COc1cc(C2c3c(oc4ccccc4c3=O)C(=O)N2c2nnc(C)s2)ccc1OCc1ccccc1. The molecular weight excluding hydrogens is 490 g/mol. The minimum Gasteiger partial charge on any atom is -0.493 e. The van der Waals surface area contributed by atoms with Gasteiger partial charge in [-0.3, -0.25) is 14.5 Å². The Hall–Kier alpha value is -4.50. The van der Waals surface area contributed by atoms with Gasteiger partial charge in [-0.1, -0.05) is 59.9 Å². The van der Waals surface area contributed by atoms with Crippen molar-refractivity contribution in [1.82, 2.24) is 10.2 Å². The molecule has 3 aromatic carbocycles. The summed E-state index contributed by atoms with van der Waals surface area (Å²) in [5, 5.41) is 9.77. The third-order valence-electron chi connectivity index (χ3n) is 6.24. The number of rotatable bonds is 6. The predicted molar refractivity (Wildman–Crippen MR) is 140 cm³/mol. The molecule has 1 aliphatic heterocycles. The highest BCUT2D eigenvalue weighted by Crippen LogP contribution is 2.44. The molecule has 0 saturated carbocycles. The van der Waals surface area contributed by atoms with Crippen molar-refractivity contribution < 1.29 is 18.7 Å². The predicted octanol–water partition coefficient (Wildman–Crippen LogP) is 5.29. The third kappa shape index (κ3) is 3.93. The summed E-state index contributed by atoms with van der Waals surface area (Å²) in [6.07, 6.45) is 0. The second-order valence-corrected chi connectivity index (χ2v) is 9.70. The molecule has 1 amide bonds. The largest absolute Gasteiger partial charge is 0.493 e. The van der Waals surface area contributed by atoms with Crippen molar-refractivity contribution >= 4 is 33.3 Å².